The van der Waals surface area contributed by atoms with Crippen LogP contribution in [-0.4, -0.2) is 52.8 Å². The molecule has 23 heavy (non-hydrogen) atoms. The number of thiazole rings is 1. The molecule has 0 saturated carbocycles. The number of piperazine rings is 1. The first kappa shape index (κ1) is 17.9. The number of amides is 2. The zero-order valence-corrected chi connectivity index (χ0v) is 15.4. The second-order valence-electron chi connectivity index (χ2n) is 6.14. The molecule has 1 aromatic rings. The van der Waals surface area contributed by atoms with Crippen LogP contribution in [0.1, 0.15) is 42.3 Å². The van der Waals surface area contributed by atoms with Gasteiger partial charge in [0.05, 0.1) is 17.1 Å². The van der Waals surface area contributed by atoms with E-state index in [1.54, 1.807) is 11.3 Å². The van der Waals surface area contributed by atoms with E-state index in [0.717, 1.165) is 28.4 Å². The largest absolute Gasteiger partial charge is 0.339 e. The zero-order chi connectivity index (χ0) is 17.0. The maximum Gasteiger partial charge on any atom is 0.228 e. The molecule has 0 spiro atoms. The molecule has 5 nitrogen and oxygen atoms in total. The SMILES string of the molecule is CCC(CC)C(=O)N1CCN(C(=O)Cc2sc(C)nc2C)CC1. The Labute approximate surface area is 142 Å². The summed E-state index contributed by atoms with van der Waals surface area (Å²) in [5, 5.41) is 1.01. The molecule has 0 bridgehead atoms. The van der Waals surface area contributed by atoms with Crippen LogP contribution in [-0.2, 0) is 16.0 Å². The van der Waals surface area contributed by atoms with Crippen molar-refractivity contribution in [2.75, 3.05) is 26.2 Å². The Kier molecular flexibility index (Phi) is 6.16. The monoisotopic (exact) mass is 337 g/mol. The van der Waals surface area contributed by atoms with Crippen molar-refractivity contribution in [1.29, 1.82) is 0 Å². The summed E-state index contributed by atoms with van der Waals surface area (Å²) < 4.78 is 0. The van der Waals surface area contributed by atoms with Crippen LogP contribution >= 0.6 is 11.3 Å². The number of carbonyl (C=O) groups is 2. The summed E-state index contributed by atoms with van der Waals surface area (Å²) in [4.78, 5) is 34.1. The average molecular weight is 337 g/mol. The second kappa shape index (κ2) is 7.90. The summed E-state index contributed by atoms with van der Waals surface area (Å²) in [7, 11) is 0. The molecule has 0 aromatic carbocycles. The van der Waals surface area contributed by atoms with Crippen LogP contribution in [0.5, 0.6) is 0 Å². The average Bonchev–Trinajstić information content (AvgIpc) is 2.86. The molecule has 0 aliphatic carbocycles. The smallest absolute Gasteiger partial charge is 0.228 e. The molecule has 0 radical (unpaired) electrons. The summed E-state index contributed by atoms with van der Waals surface area (Å²) in [6.07, 6.45) is 2.20. The van der Waals surface area contributed by atoms with E-state index < -0.39 is 0 Å². The minimum atomic E-state index is 0.125. The van der Waals surface area contributed by atoms with Crippen molar-refractivity contribution in [1.82, 2.24) is 14.8 Å². The van der Waals surface area contributed by atoms with Crippen molar-refractivity contribution < 1.29 is 9.59 Å². The Morgan fingerprint density at radius 2 is 1.65 bits per heavy atom. The first-order valence-corrected chi connectivity index (χ1v) is 9.27. The molecule has 0 unspecified atom stereocenters. The lowest BCUT2D eigenvalue weighted by Crippen LogP contribution is -2.52. The highest BCUT2D eigenvalue weighted by atomic mass is 32.1. The van der Waals surface area contributed by atoms with Gasteiger partial charge < -0.3 is 9.80 Å². The topological polar surface area (TPSA) is 53.5 Å². The highest BCUT2D eigenvalue weighted by Gasteiger charge is 2.27. The van der Waals surface area contributed by atoms with Crippen molar-refractivity contribution in [3.05, 3.63) is 15.6 Å². The van der Waals surface area contributed by atoms with Gasteiger partial charge in [-0.2, -0.15) is 0 Å². The van der Waals surface area contributed by atoms with Gasteiger partial charge in [0.15, 0.2) is 0 Å². The van der Waals surface area contributed by atoms with Crippen LogP contribution in [0.3, 0.4) is 0 Å². The lowest BCUT2D eigenvalue weighted by atomic mass is 10.0. The molecule has 2 amide bonds. The Bertz CT molecular complexity index is 558. The molecule has 1 aromatic heterocycles. The van der Waals surface area contributed by atoms with Gasteiger partial charge in [0, 0.05) is 37.0 Å². The third-order valence-corrected chi connectivity index (χ3v) is 5.66. The lowest BCUT2D eigenvalue weighted by molar-refractivity contribution is -0.142. The molecule has 1 aliphatic heterocycles. The zero-order valence-electron chi connectivity index (χ0n) is 14.6. The lowest BCUT2D eigenvalue weighted by Gasteiger charge is -2.36. The molecule has 0 atom stereocenters. The quantitative estimate of drug-likeness (QED) is 0.829. The van der Waals surface area contributed by atoms with E-state index in [0.29, 0.717) is 32.6 Å². The summed E-state index contributed by atoms with van der Waals surface area (Å²) in [5.74, 6) is 0.516. The third kappa shape index (κ3) is 4.31. The summed E-state index contributed by atoms with van der Waals surface area (Å²) in [6, 6.07) is 0. The van der Waals surface area contributed by atoms with E-state index in [1.807, 2.05) is 23.6 Å². The van der Waals surface area contributed by atoms with E-state index in [9.17, 15) is 9.59 Å². The maximum absolute atomic E-state index is 12.5. The Balaban J connectivity index is 1.87. The molecule has 1 aliphatic rings. The molecule has 6 heteroatoms. The van der Waals surface area contributed by atoms with E-state index in [1.165, 1.54) is 0 Å². The van der Waals surface area contributed by atoms with Gasteiger partial charge in [0.2, 0.25) is 11.8 Å². The maximum atomic E-state index is 12.5. The predicted molar refractivity (Wildman–Crippen MR) is 92.5 cm³/mol. The number of carbonyl (C=O) groups excluding carboxylic acids is 2. The van der Waals surface area contributed by atoms with Gasteiger partial charge in [-0.15, -0.1) is 11.3 Å². The molecule has 1 saturated heterocycles. The molecule has 128 valence electrons. The highest BCUT2D eigenvalue weighted by molar-refractivity contribution is 7.11. The summed E-state index contributed by atoms with van der Waals surface area (Å²) in [6.45, 7) is 10.6. The number of hydrogen-bond donors (Lipinski definition) is 0. The Hall–Kier alpha value is -1.43. The van der Waals surface area contributed by atoms with Crippen molar-refractivity contribution in [2.24, 2.45) is 5.92 Å². The van der Waals surface area contributed by atoms with Gasteiger partial charge in [-0.25, -0.2) is 4.98 Å². The number of rotatable bonds is 5. The van der Waals surface area contributed by atoms with Crippen molar-refractivity contribution in [3.8, 4) is 0 Å². The second-order valence-corrected chi connectivity index (χ2v) is 7.43. The highest BCUT2D eigenvalue weighted by Crippen LogP contribution is 2.19. The van der Waals surface area contributed by atoms with Gasteiger partial charge in [0.1, 0.15) is 0 Å². The Morgan fingerprint density at radius 3 is 2.13 bits per heavy atom. The molecule has 2 rings (SSSR count). The number of aromatic nitrogens is 1. The summed E-state index contributed by atoms with van der Waals surface area (Å²) in [5.41, 5.74) is 0.961. The molecular formula is C17H27N3O2S. The minimum absolute atomic E-state index is 0.125. The van der Waals surface area contributed by atoms with Gasteiger partial charge >= 0.3 is 0 Å². The number of nitrogens with zero attached hydrogens (tertiary/aromatic N) is 3. The van der Waals surface area contributed by atoms with E-state index in [-0.39, 0.29) is 17.7 Å². The van der Waals surface area contributed by atoms with Crippen LogP contribution < -0.4 is 0 Å². The fourth-order valence-electron chi connectivity index (χ4n) is 3.06. The van der Waals surface area contributed by atoms with E-state index in [2.05, 4.69) is 18.8 Å². The predicted octanol–water partition coefficient (Wildman–Crippen LogP) is 2.41. The third-order valence-electron chi connectivity index (χ3n) is 4.59. The molecule has 1 fully saturated rings. The van der Waals surface area contributed by atoms with Crippen LogP contribution in [0.25, 0.3) is 0 Å². The van der Waals surface area contributed by atoms with Gasteiger partial charge in [-0.05, 0) is 26.7 Å². The van der Waals surface area contributed by atoms with Gasteiger partial charge in [0.25, 0.3) is 0 Å². The fourth-order valence-corrected chi connectivity index (χ4v) is 3.99. The molecular weight excluding hydrogens is 310 g/mol. The van der Waals surface area contributed by atoms with E-state index in [4.69, 9.17) is 0 Å². The van der Waals surface area contributed by atoms with Crippen molar-refractivity contribution in [3.63, 3.8) is 0 Å². The van der Waals surface area contributed by atoms with Crippen molar-refractivity contribution >= 4 is 23.2 Å². The van der Waals surface area contributed by atoms with Crippen LogP contribution in [0.15, 0.2) is 0 Å². The van der Waals surface area contributed by atoms with Crippen LogP contribution in [0.4, 0.5) is 0 Å². The normalized spacial score (nSPS) is 15.3. The standard InChI is InChI=1S/C17H27N3O2S/c1-5-14(6-2)17(22)20-9-7-19(8-10-20)16(21)11-15-12(3)18-13(4)23-15/h14H,5-11H2,1-4H3. The van der Waals surface area contributed by atoms with E-state index >= 15 is 0 Å². The first-order chi connectivity index (χ1) is 11.0. The summed E-state index contributed by atoms with van der Waals surface area (Å²) >= 11 is 1.60. The molecule has 2 heterocycles. The Morgan fingerprint density at radius 1 is 1.09 bits per heavy atom. The van der Waals surface area contributed by atoms with Crippen LogP contribution in [0.2, 0.25) is 0 Å². The number of hydrogen-bond acceptors (Lipinski definition) is 4. The van der Waals surface area contributed by atoms with Gasteiger partial charge in [-0.1, -0.05) is 13.8 Å². The van der Waals surface area contributed by atoms with Gasteiger partial charge in [-0.3, -0.25) is 9.59 Å². The van der Waals surface area contributed by atoms with Crippen LogP contribution in [0, 0.1) is 19.8 Å². The fraction of sp³-hybridized carbons (Fsp3) is 0.706. The number of aryl methyl sites for hydroxylation is 2. The molecule has 0 N–H and O–H groups in total. The first-order valence-electron chi connectivity index (χ1n) is 8.45. The van der Waals surface area contributed by atoms with Crippen molar-refractivity contribution in [2.45, 2.75) is 47.0 Å². The minimum Gasteiger partial charge on any atom is -0.339 e.